The second-order valence-corrected chi connectivity index (χ2v) is 9.34. The molecule has 0 aliphatic carbocycles. The second kappa shape index (κ2) is 18.4. The summed E-state index contributed by atoms with van der Waals surface area (Å²) in [6, 6.07) is 5.20. The Morgan fingerprint density at radius 3 is 2.37 bits per heavy atom. The molecule has 210 valence electrons. The molecule has 0 aliphatic heterocycles. The van der Waals surface area contributed by atoms with Crippen LogP contribution in [0.4, 0.5) is 0 Å². The highest BCUT2D eigenvalue weighted by molar-refractivity contribution is 5.93. The summed E-state index contributed by atoms with van der Waals surface area (Å²) in [6.07, 6.45) is 12.5. The van der Waals surface area contributed by atoms with E-state index in [1.807, 2.05) is 6.08 Å². The molecular formula is C28H44N6O4. The Bertz CT molecular complexity index is 953. The molecule has 0 saturated heterocycles. The summed E-state index contributed by atoms with van der Waals surface area (Å²) in [4.78, 5) is 43.4. The van der Waals surface area contributed by atoms with E-state index in [0.717, 1.165) is 31.2 Å². The molecule has 1 aromatic carbocycles. The van der Waals surface area contributed by atoms with Crippen LogP contribution in [-0.2, 0) is 20.8 Å². The second-order valence-electron chi connectivity index (χ2n) is 9.34. The molecule has 2 atom stereocenters. The number of hydrogen-bond acceptors (Lipinski definition) is 5. The zero-order valence-electron chi connectivity index (χ0n) is 22.9. The molecular weight excluding hydrogens is 484 g/mol. The summed E-state index contributed by atoms with van der Waals surface area (Å²) < 4.78 is 0. The Kier molecular flexibility index (Phi) is 15.6. The van der Waals surface area contributed by atoms with Crippen LogP contribution in [-0.4, -0.2) is 66.4 Å². The van der Waals surface area contributed by atoms with E-state index in [9.17, 15) is 19.5 Å². The van der Waals surface area contributed by atoms with E-state index in [4.69, 9.17) is 11.5 Å². The number of rotatable bonds is 17. The quantitative estimate of drug-likeness (QED) is 0.0900. The minimum Gasteiger partial charge on any atom is -0.508 e. The first-order valence-corrected chi connectivity index (χ1v) is 13.1. The number of guanidine groups is 1. The van der Waals surface area contributed by atoms with Gasteiger partial charge in [0.05, 0.1) is 0 Å². The maximum Gasteiger partial charge on any atom is 0.245 e. The molecule has 10 heteroatoms. The number of unbranched alkanes of at least 4 members (excludes halogenated alkanes) is 4. The van der Waals surface area contributed by atoms with Gasteiger partial charge < -0.3 is 32.1 Å². The lowest BCUT2D eigenvalue weighted by molar-refractivity contribution is -0.127. The molecule has 1 aromatic rings. The number of aromatic hydroxyl groups is 1. The molecule has 3 amide bonds. The minimum atomic E-state index is -0.852. The molecule has 0 spiro atoms. The number of carbonyl (C=O) groups excluding carboxylic acids is 3. The van der Waals surface area contributed by atoms with Crippen LogP contribution in [0.5, 0.6) is 5.75 Å². The van der Waals surface area contributed by atoms with Crippen LogP contribution < -0.4 is 22.1 Å². The Balaban J connectivity index is 2.98. The molecule has 0 aliphatic rings. The fraction of sp³-hybridized carbons (Fsp3) is 0.500. The molecule has 38 heavy (non-hydrogen) atoms. The smallest absolute Gasteiger partial charge is 0.245 e. The van der Waals surface area contributed by atoms with Crippen molar-refractivity contribution in [2.45, 2.75) is 70.4 Å². The number of nitrogens with zero attached hydrogens (tertiary/aromatic N) is 2. The lowest BCUT2D eigenvalue weighted by atomic mass is 10.0. The molecule has 0 aromatic heterocycles. The topological polar surface area (TPSA) is 163 Å². The minimum absolute atomic E-state index is 0.0264. The standard InChI is InChI=1S/C28H44N6O4/c1-4-5-6-7-8-12-25(36)33-24(20-21-13-16-23(35)17-14-21)27(38)32-22(15-18-26(37)34(2)3)11-9-10-19-31-28(29)30/h8,12-18,22,24,35H,4-7,9-11,19-20H2,1-3H3,(H,32,38)(H,33,36)(H4,29,30,31)/b12-8+,18-15+/t22-,24-/m0/s1. The van der Waals surface area contributed by atoms with Gasteiger partial charge >= 0.3 is 0 Å². The van der Waals surface area contributed by atoms with Crippen molar-refractivity contribution in [2.75, 3.05) is 20.6 Å². The highest BCUT2D eigenvalue weighted by Crippen LogP contribution is 2.12. The molecule has 1 rings (SSSR count). The highest BCUT2D eigenvalue weighted by atomic mass is 16.3. The van der Waals surface area contributed by atoms with Gasteiger partial charge in [-0.3, -0.25) is 19.4 Å². The predicted molar refractivity (Wildman–Crippen MR) is 151 cm³/mol. The number of allylic oxidation sites excluding steroid dienone is 1. The summed E-state index contributed by atoms with van der Waals surface area (Å²) in [5.41, 5.74) is 11.5. The van der Waals surface area contributed by atoms with Crippen molar-refractivity contribution in [3.05, 3.63) is 54.1 Å². The molecule has 10 nitrogen and oxygen atoms in total. The van der Waals surface area contributed by atoms with Gasteiger partial charge in [0.2, 0.25) is 17.7 Å². The molecule has 0 heterocycles. The highest BCUT2D eigenvalue weighted by Gasteiger charge is 2.22. The first-order valence-electron chi connectivity index (χ1n) is 13.1. The van der Waals surface area contributed by atoms with Crippen molar-refractivity contribution in [1.82, 2.24) is 15.5 Å². The Morgan fingerprint density at radius 1 is 1.03 bits per heavy atom. The molecule has 0 bridgehead atoms. The van der Waals surface area contributed by atoms with Crippen LogP contribution in [0.3, 0.4) is 0 Å². The average molecular weight is 529 g/mol. The van der Waals surface area contributed by atoms with Gasteiger partial charge in [-0.1, -0.05) is 44.1 Å². The molecule has 0 fully saturated rings. The molecule has 0 unspecified atom stereocenters. The van der Waals surface area contributed by atoms with E-state index < -0.39 is 12.1 Å². The fourth-order valence-corrected chi connectivity index (χ4v) is 3.53. The SMILES string of the molecule is CCCCC/C=C/C(=O)N[C@@H](Cc1ccc(O)cc1)C(=O)N[C@H](/C=C/C(=O)N(C)C)CCCCN=C(N)N. The Morgan fingerprint density at radius 2 is 1.74 bits per heavy atom. The number of phenolic OH excluding ortho intramolecular Hbond substituents is 1. The van der Waals surface area contributed by atoms with Gasteiger partial charge in [0, 0.05) is 39.2 Å². The number of nitrogens with one attached hydrogen (secondary N) is 2. The van der Waals surface area contributed by atoms with Crippen LogP contribution >= 0.6 is 0 Å². The zero-order chi connectivity index (χ0) is 28.3. The van der Waals surface area contributed by atoms with Gasteiger partial charge in [0.1, 0.15) is 11.8 Å². The Hall–Kier alpha value is -3.82. The van der Waals surface area contributed by atoms with E-state index in [1.54, 1.807) is 32.3 Å². The van der Waals surface area contributed by atoms with Gasteiger partial charge in [-0.05, 0) is 55.9 Å². The van der Waals surface area contributed by atoms with Crippen LogP contribution in [0.2, 0.25) is 0 Å². The van der Waals surface area contributed by atoms with Gasteiger partial charge in [-0.2, -0.15) is 0 Å². The number of benzene rings is 1. The molecule has 0 radical (unpaired) electrons. The molecule has 0 saturated carbocycles. The first-order chi connectivity index (χ1) is 18.1. The first kappa shape index (κ1) is 32.2. The number of amides is 3. The maximum absolute atomic E-state index is 13.3. The third-order valence-corrected chi connectivity index (χ3v) is 5.71. The number of nitrogens with two attached hydrogens (primary N) is 2. The van der Waals surface area contributed by atoms with Crippen LogP contribution in [0, 0.1) is 0 Å². The van der Waals surface area contributed by atoms with Gasteiger partial charge in [-0.15, -0.1) is 0 Å². The van der Waals surface area contributed by atoms with Crippen molar-refractivity contribution in [2.24, 2.45) is 16.5 Å². The number of aliphatic imine (C=N–C) groups is 1. The maximum atomic E-state index is 13.3. The van der Waals surface area contributed by atoms with E-state index in [2.05, 4.69) is 22.5 Å². The fourth-order valence-electron chi connectivity index (χ4n) is 3.53. The number of hydrogen-bond donors (Lipinski definition) is 5. The van der Waals surface area contributed by atoms with E-state index in [0.29, 0.717) is 25.8 Å². The zero-order valence-corrected chi connectivity index (χ0v) is 22.9. The number of phenols is 1. The average Bonchev–Trinajstić information content (AvgIpc) is 2.87. The number of carbonyl (C=O) groups is 3. The van der Waals surface area contributed by atoms with Gasteiger partial charge in [-0.25, -0.2) is 0 Å². The van der Waals surface area contributed by atoms with Crippen molar-refractivity contribution in [3.63, 3.8) is 0 Å². The van der Waals surface area contributed by atoms with E-state index in [-0.39, 0.29) is 35.9 Å². The van der Waals surface area contributed by atoms with Crippen LogP contribution in [0.15, 0.2) is 53.6 Å². The predicted octanol–water partition coefficient (Wildman–Crippen LogP) is 2.13. The van der Waals surface area contributed by atoms with E-state index in [1.165, 1.54) is 29.2 Å². The van der Waals surface area contributed by atoms with Crippen LogP contribution in [0.25, 0.3) is 0 Å². The van der Waals surface area contributed by atoms with Gasteiger partial charge in [0.15, 0.2) is 5.96 Å². The van der Waals surface area contributed by atoms with Gasteiger partial charge in [0.25, 0.3) is 0 Å². The largest absolute Gasteiger partial charge is 0.508 e. The molecule has 7 N–H and O–H groups in total. The van der Waals surface area contributed by atoms with Crippen molar-refractivity contribution in [3.8, 4) is 5.75 Å². The van der Waals surface area contributed by atoms with Crippen LogP contribution in [0.1, 0.15) is 57.4 Å². The summed E-state index contributed by atoms with van der Waals surface area (Å²) in [7, 11) is 3.29. The monoisotopic (exact) mass is 528 g/mol. The summed E-state index contributed by atoms with van der Waals surface area (Å²) in [5, 5.41) is 15.4. The Labute approximate surface area is 226 Å². The summed E-state index contributed by atoms with van der Waals surface area (Å²) in [6.45, 7) is 2.58. The third kappa shape index (κ3) is 14.7. The van der Waals surface area contributed by atoms with Crippen molar-refractivity contribution in [1.29, 1.82) is 0 Å². The van der Waals surface area contributed by atoms with Crippen molar-refractivity contribution >= 4 is 23.7 Å². The van der Waals surface area contributed by atoms with E-state index >= 15 is 0 Å². The van der Waals surface area contributed by atoms with Crippen molar-refractivity contribution < 1.29 is 19.5 Å². The number of likely N-dealkylation sites (N-methyl/N-ethyl adjacent to an activating group) is 1. The lowest BCUT2D eigenvalue weighted by Crippen LogP contribution is -2.50. The summed E-state index contributed by atoms with van der Waals surface area (Å²) in [5.74, 6) is -0.787. The normalized spacial score (nSPS) is 12.7. The third-order valence-electron chi connectivity index (χ3n) is 5.71. The summed E-state index contributed by atoms with van der Waals surface area (Å²) >= 11 is 0. The lowest BCUT2D eigenvalue weighted by Gasteiger charge is -2.22.